The van der Waals surface area contributed by atoms with Crippen molar-refractivity contribution in [2.45, 2.75) is 3.29 Å². The van der Waals surface area contributed by atoms with Gasteiger partial charge in [-0.1, -0.05) is 0 Å². The summed E-state index contributed by atoms with van der Waals surface area (Å²) >= 11 is 1.02. The van der Waals surface area contributed by atoms with Gasteiger partial charge in [0, 0.05) is 0 Å². The Hall–Kier alpha value is 2.92. The molecule has 0 amide bonds. The third-order valence-electron chi connectivity index (χ3n) is 0.372. The van der Waals surface area contributed by atoms with Crippen molar-refractivity contribution in [1.29, 1.82) is 0 Å². The Morgan fingerprint density at radius 1 is 1.43 bits per heavy atom. The van der Waals surface area contributed by atoms with Crippen LogP contribution in [-0.4, -0.2) is 96.9 Å². The third kappa shape index (κ3) is 17.6. The van der Waals surface area contributed by atoms with Gasteiger partial charge in [-0.25, -0.2) is 0 Å². The van der Waals surface area contributed by atoms with Crippen molar-refractivity contribution < 1.29 is 0 Å². The van der Waals surface area contributed by atoms with Gasteiger partial charge in [-0.15, -0.1) is 0 Å². The van der Waals surface area contributed by atoms with Crippen molar-refractivity contribution in [2.75, 3.05) is 6.54 Å². The summed E-state index contributed by atoms with van der Waals surface area (Å²) in [5, 5.41) is 0. The zero-order valence-electron chi connectivity index (χ0n) is 3.44. The summed E-state index contributed by atoms with van der Waals surface area (Å²) in [7, 11) is 0. The molecule has 0 aromatic heterocycles. The molecule has 4 N–H and O–H groups in total. The van der Waals surface area contributed by atoms with Crippen LogP contribution in [-0.2, 0) is 0 Å². The molecule has 30 valence electrons. The predicted molar refractivity (Wildman–Crippen MR) is 37.1 cm³/mol. The number of nitrogens with two attached hydrogens (primary N) is 2. The van der Waals surface area contributed by atoms with Crippen LogP contribution in [0.4, 0.5) is 0 Å². The van der Waals surface area contributed by atoms with E-state index in [0.29, 0.717) is 9.84 Å². The fourth-order valence-corrected chi connectivity index (χ4v) is 0. The molecule has 1 unspecified atom stereocenters. The standard InChI is InChI=1S/C2H7N2.3Na.2H/c3-1-2-4;;;;;/h1H,2-4H2;;;;;. The van der Waals surface area contributed by atoms with E-state index in [1.54, 1.807) is 0 Å². The molecule has 0 aromatic rings. The Morgan fingerprint density at radius 3 is 1.57 bits per heavy atom. The zero-order valence-corrected chi connectivity index (χ0v) is 5.44. The molecule has 0 aromatic carbocycles. The molecule has 0 rings (SSSR count). The monoisotopic (exact) mass is 130 g/mol. The van der Waals surface area contributed by atoms with Crippen LogP contribution in [0, 0.1) is 0 Å². The van der Waals surface area contributed by atoms with E-state index in [-0.39, 0.29) is 59.1 Å². The van der Waals surface area contributed by atoms with Gasteiger partial charge in [0.2, 0.25) is 0 Å². The van der Waals surface area contributed by atoms with Crippen LogP contribution in [0.3, 0.4) is 0 Å². The van der Waals surface area contributed by atoms with Gasteiger partial charge in [0.15, 0.2) is 0 Å². The fraction of sp³-hybridized carbons (Fsp3) is 1.00. The molecule has 2 nitrogen and oxygen atoms in total. The summed E-state index contributed by atoms with van der Waals surface area (Å²) in [5.41, 5.74) is 10.3. The summed E-state index contributed by atoms with van der Waals surface area (Å²) in [6.45, 7) is 0.645. The van der Waals surface area contributed by atoms with E-state index < -0.39 is 0 Å². The Balaban J connectivity index is -0.0000000800. The third-order valence-corrected chi connectivity index (χ3v) is 0.843. The summed E-state index contributed by atoms with van der Waals surface area (Å²) in [4.78, 5) is 0. The molecule has 7 heavy (non-hydrogen) atoms. The predicted octanol–water partition coefficient (Wildman–Crippen LogP) is -2.90. The molecular weight excluding hydrogens is 121 g/mol. The maximum atomic E-state index is 5.23. The van der Waals surface area contributed by atoms with Crippen molar-refractivity contribution >= 4 is 87.0 Å². The second-order valence-corrected chi connectivity index (χ2v) is 2.70. The first-order valence-corrected chi connectivity index (χ1v) is 2.88. The van der Waals surface area contributed by atoms with E-state index >= 15 is 0 Å². The minimum absolute atomic E-state index is 0. The summed E-state index contributed by atoms with van der Waals surface area (Å²) in [6, 6.07) is 0. The van der Waals surface area contributed by atoms with E-state index in [9.17, 15) is 0 Å². The first-order chi connectivity index (χ1) is 2.27. The normalized spacial score (nSPS) is 10.9. The average Bonchev–Trinajstić information content (AvgIpc) is 1.38. The van der Waals surface area contributed by atoms with Crippen LogP contribution in [0.5, 0.6) is 0 Å². The van der Waals surface area contributed by atoms with E-state index in [1.807, 2.05) is 0 Å². The Morgan fingerprint density at radius 2 is 1.57 bits per heavy atom. The molecule has 0 heterocycles. The van der Waals surface area contributed by atoms with Crippen molar-refractivity contribution in [3.05, 3.63) is 0 Å². The molecule has 0 saturated carbocycles. The molecule has 0 aliphatic heterocycles. The second kappa shape index (κ2) is 11.7. The molecule has 5 heteroatoms. The van der Waals surface area contributed by atoms with Crippen LogP contribution in [0.1, 0.15) is 0 Å². The van der Waals surface area contributed by atoms with Gasteiger partial charge < -0.3 is 0 Å². The quantitative estimate of drug-likeness (QED) is 0.374. The Labute approximate surface area is 106 Å². The first kappa shape index (κ1) is 16.5. The molecule has 0 bridgehead atoms. The van der Waals surface area contributed by atoms with Crippen molar-refractivity contribution in [1.82, 2.24) is 0 Å². The summed E-state index contributed by atoms with van der Waals surface area (Å²) in [5.74, 6) is 0. The first-order valence-electron chi connectivity index (χ1n) is 1.73. The molecule has 0 spiro atoms. The number of hydrogen-bond acceptors (Lipinski definition) is 2. The molecular formula is C2H9N2Na3. The Bertz CT molecular complexity index is 24.9. The van der Waals surface area contributed by atoms with Crippen LogP contribution in [0.15, 0.2) is 0 Å². The van der Waals surface area contributed by atoms with Gasteiger partial charge in [-0.3, -0.25) is 0 Å². The second-order valence-electron chi connectivity index (χ2n) is 1.21. The van der Waals surface area contributed by atoms with Crippen molar-refractivity contribution in [3.63, 3.8) is 0 Å². The van der Waals surface area contributed by atoms with E-state index in [2.05, 4.69) is 0 Å². The summed E-state index contributed by atoms with van der Waals surface area (Å²) in [6.07, 6.45) is 0. The van der Waals surface area contributed by atoms with Crippen LogP contribution in [0.2, 0.25) is 0 Å². The number of rotatable bonds is 1. The topological polar surface area (TPSA) is 52.0 Å². The van der Waals surface area contributed by atoms with Crippen LogP contribution < -0.4 is 11.5 Å². The number of hydrogen-bond donors (Lipinski definition) is 2. The Kier molecular flexibility index (Phi) is 27.5. The molecule has 0 aliphatic carbocycles. The SMILES string of the molecule is NC[CH](N)[Na].[NaH].[NaH]. The van der Waals surface area contributed by atoms with E-state index in [4.69, 9.17) is 11.5 Å². The van der Waals surface area contributed by atoms with Crippen LogP contribution >= 0.6 is 0 Å². The maximum absolute atomic E-state index is 5.23. The molecule has 1 atom stereocenters. The molecule has 0 radical (unpaired) electrons. The van der Waals surface area contributed by atoms with Gasteiger partial charge in [0.1, 0.15) is 0 Å². The van der Waals surface area contributed by atoms with E-state index in [0.717, 1.165) is 27.9 Å². The van der Waals surface area contributed by atoms with Gasteiger partial charge >= 0.3 is 108 Å². The van der Waals surface area contributed by atoms with Gasteiger partial charge in [0.25, 0.3) is 0 Å². The van der Waals surface area contributed by atoms with Crippen molar-refractivity contribution in [3.8, 4) is 0 Å². The fourth-order valence-electron chi connectivity index (χ4n) is 0. The van der Waals surface area contributed by atoms with Gasteiger partial charge in [-0.2, -0.15) is 0 Å². The van der Waals surface area contributed by atoms with Crippen LogP contribution in [0.25, 0.3) is 0 Å². The average molecular weight is 130 g/mol. The van der Waals surface area contributed by atoms with Gasteiger partial charge in [0.05, 0.1) is 0 Å². The van der Waals surface area contributed by atoms with Crippen molar-refractivity contribution in [2.24, 2.45) is 11.5 Å². The molecule has 0 fully saturated rings. The van der Waals surface area contributed by atoms with Gasteiger partial charge in [-0.05, 0) is 0 Å². The minimum atomic E-state index is 0. The zero-order chi connectivity index (χ0) is 4.28. The summed E-state index contributed by atoms with van der Waals surface area (Å²) < 4.78 is 0.301. The molecule has 0 aliphatic rings. The van der Waals surface area contributed by atoms with E-state index in [1.165, 1.54) is 0 Å². The molecule has 0 saturated heterocycles.